The molecule has 0 radical (unpaired) electrons. The van der Waals surface area contributed by atoms with E-state index in [1.54, 1.807) is 0 Å². The molecule has 0 aromatic heterocycles. The molecular formula is C16H26N2. The van der Waals surface area contributed by atoms with E-state index in [-0.39, 0.29) is 0 Å². The van der Waals surface area contributed by atoms with Crippen LogP contribution in [0.5, 0.6) is 0 Å². The predicted octanol–water partition coefficient (Wildman–Crippen LogP) is 3.22. The molecule has 1 atom stereocenters. The lowest BCUT2D eigenvalue weighted by molar-refractivity contribution is 0.431. The highest BCUT2D eigenvalue weighted by Gasteiger charge is 2.20. The Bertz CT molecular complexity index is 360. The van der Waals surface area contributed by atoms with Gasteiger partial charge >= 0.3 is 0 Å². The quantitative estimate of drug-likeness (QED) is 0.858. The Kier molecular flexibility index (Phi) is 5.06. The maximum absolute atomic E-state index is 3.59. The smallest absolute Gasteiger partial charge is 0.0399 e. The van der Waals surface area contributed by atoms with Crippen LogP contribution in [0.25, 0.3) is 0 Å². The van der Waals surface area contributed by atoms with E-state index in [1.165, 1.54) is 43.5 Å². The van der Waals surface area contributed by atoms with Crippen LogP contribution in [-0.2, 0) is 6.42 Å². The van der Waals surface area contributed by atoms with Crippen molar-refractivity contribution in [1.82, 2.24) is 5.32 Å². The molecule has 1 aliphatic heterocycles. The topological polar surface area (TPSA) is 15.3 Å². The molecule has 1 unspecified atom stereocenters. The molecule has 2 nitrogen and oxygen atoms in total. The van der Waals surface area contributed by atoms with Gasteiger partial charge in [-0.25, -0.2) is 0 Å². The summed E-state index contributed by atoms with van der Waals surface area (Å²) < 4.78 is 0. The van der Waals surface area contributed by atoms with Gasteiger partial charge in [-0.05, 0) is 37.4 Å². The van der Waals surface area contributed by atoms with Crippen molar-refractivity contribution in [2.24, 2.45) is 0 Å². The van der Waals surface area contributed by atoms with Gasteiger partial charge in [0, 0.05) is 24.8 Å². The fourth-order valence-electron chi connectivity index (χ4n) is 2.95. The normalized spacial score (nSPS) is 20.1. The van der Waals surface area contributed by atoms with E-state index in [0.29, 0.717) is 6.04 Å². The molecule has 0 amide bonds. The van der Waals surface area contributed by atoms with Gasteiger partial charge < -0.3 is 10.2 Å². The third-order valence-corrected chi connectivity index (χ3v) is 3.77. The number of hydrogen-bond acceptors (Lipinski definition) is 2. The molecule has 1 aliphatic rings. The number of likely N-dealkylation sites (N-methyl/N-ethyl adjacent to an activating group) is 1. The van der Waals surface area contributed by atoms with Gasteiger partial charge in [0.05, 0.1) is 0 Å². The molecule has 1 saturated heterocycles. The Morgan fingerprint density at radius 1 is 1.28 bits per heavy atom. The summed E-state index contributed by atoms with van der Waals surface area (Å²) in [5.74, 6) is 0. The average molecular weight is 246 g/mol. The zero-order chi connectivity index (χ0) is 12.8. The van der Waals surface area contributed by atoms with E-state index in [9.17, 15) is 0 Å². The van der Waals surface area contributed by atoms with Gasteiger partial charge in [-0.2, -0.15) is 0 Å². The summed E-state index contributed by atoms with van der Waals surface area (Å²) in [5.41, 5.74) is 2.97. The van der Waals surface area contributed by atoms with E-state index >= 15 is 0 Å². The second-order valence-corrected chi connectivity index (χ2v) is 5.22. The number of nitrogens with one attached hydrogen (secondary N) is 1. The second-order valence-electron chi connectivity index (χ2n) is 5.22. The second kappa shape index (κ2) is 6.79. The molecule has 1 N–H and O–H groups in total. The molecule has 18 heavy (non-hydrogen) atoms. The third kappa shape index (κ3) is 3.26. The number of hydrogen-bond donors (Lipinski definition) is 1. The van der Waals surface area contributed by atoms with Crippen molar-refractivity contribution in [3.63, 3.8) is 0 Å². The first-order valence-corrected chi connectivity index (χ1v) is 7.41. The molecule has 1 aromatic rings. The molecule has 0 spiro atoms. The number of nitrogens with zero attached hydrogens (tertiary/aromatic N) is 1. The Balaban J connectivity index is 2.10. The number of benzene rings is 1. The van der Waals surface area contributed by atoms with Crippen LogP contribution in [0.2, 0.25) is 0 Å². The van der Waals surface area contributed by atoms with Crippen LogP contribution in [0, 0.1) is 0 Å². The predicted molar refractivity (Wildman–Crippen MR) is 79.3 cm³/mol. The first-order chi connectivity index (χ1) is 8.85. The van der Waals surface area contributed by atoms with E-state index < -0.39 is 0 Å². The molecular weight excluding hydrogens is 220 g/mol. The lowest BCUT2D eigenvalue weighted by atomic mass is 10.0. The molecule has 1 aromatic carbocycles. The Hall–Kier alpha value is -1.02. The minimum atomic E-state index is 0.665. The Morgan fingerprint density at radius 3 is 2.89 bits per heavy atom. The summed E-state index contributed by atoms with van der Waals surface area (Å²) in [6.07, 6.45) is 5.04. The van der Waals surface area contributed by atoms with Gasteiger partial charge in [-0.3, -0.25) is 0 Å². The van der Waals surface area contributed by atoms with Gasteiger partial charge in [0.15, 0.2) is 0 Å². The van der Waals surface area contributed by atoms with Crippen molar-refractivity contribution in [1.29, 1.82) is 0 Å². The zero-order valence-corrected chi connectivity index (χ0v) is 11.8. The highest BCUT2D eigenvalue weighted by atomic mass is 15.2. The maximum atomic E-state index is 3.59. The highest BCUT2D eigenvalue weighted by molar-refractivity contribution is 5.54. The van der Waals surface area contributed by atoms with Crippen molar-refractivity contribution in [2.75, 3.05) is 24.5 Å². The van der Waals surface area contributed by atoms with Gasteiger partial charge in [0.2, 0.25) is 0 Å². The van der Waals surface area contributed by atoms with E-state index in [2.05, 4.69) is 48.3 Å². The minimum absolute atomic E-state index is 0.665. The zero-order valence-electron chi connectivity index (χ0n) is 11.8. The van der Waals surface area contributed by atoms with Crippen LogP contribution in [0.1, 0.15) is 38.7 Å². The van der Waals surface area contributed by atoms with Crippen LogP contribution in [0.15, 0.2) is 24.3 Å². The minimum Gasteiger partial charge on any atom is -0.370 e. The number of rotatable bonds is 5. The van der Waals surface area contributed by atoms with Crippen molar-refractivity contribution >= 4 is 5.69 Å². The van der Waals surface area contributed by atoms with Gasteiger partial charge in [-0.1, -0.05) is 38.5 Å². The molecule has 1 heterocycles. The summed E-state index contributed by atoms with van der Waals surface area (Å²) in [4.78, 5) is 2.57. The number of para-hydroxylation sites is 1. The van der Waals surface area contributed by atoms with Crippen LogP contribution in [0.3, 0.4) is 0 Å². The van der Waals surface area contributed by atoms with Gasteiger partial charge in [0.25, 0.3) is 0 Å². The van der Waals surface area contributed by atoms with Crippen molar-refractivity contribution in [2.45, 2.75) is 45.6 Å². The number of aryl methyl sites for hydroxylation is 1. The van der Waals surface area contributed by atoms with Gasteiger partial charge in [-0.15, -0.1) is 0 Å². The highest BCUT2D eigenvalue weighted by Crippen LogP contribution is 2.25. The summed E-state index contributed by atoms with van der Waals surface area (Å²) in [6.45, 7) is 7.91. The van der Waals surface area contributed by atoms with Crippen LogP contribution in [-0.4, -0.2) is 25.7 Å². The maximum Gasteiger partial charge on any atom is 0.0399 e. The largest absolute Gasteiger partial charge is 0.370 e. The first-order valence-electron chi connectivity index (χ1n) is 7.41. The standard InChI is InChI=1S/C16H26N2/c1-3-8-14-9-5-6-11-16(14)18-12-7-10-15(13-18)17-4-2/h5-6,9,11,15,17H,3-4,7-8,10,12-13H2,1-2H3. The van der Waals surface area contributed by atoms with Crippen molar-refractivity contribution in [3.8, 4) is 0 Å². The average Bonchev–Trinajstić information content (AvgIpc) is 2.40. The molecule has 2 rings (SSSR count). The molecule has 100 valence electrons. The lowest BCUT2D eigenvalue weighted by Gasteiger charge is -2.36. The third-order valence-electron chi connectivity index (χ3n) is 3.77. The Labute approximate surface area is 111 Å². The lowest BCUT2D eigenvalue weighted by Crippen LogP contribution is -2.46. The SMILES string of the molecule is CCCc1ccccc1N1CCCC(NCC)C1. The summed E-state index contributed by atoms with van der Waals surface area (Å²) in [6, 6.07) is 9.58. The van der Waals surface area contributed by atoms with Crippen molar-refractivity contribution < 1.29 is 0 Å². The van der Waals surface area contributed by atoms with Crippen LogP contribution >= 0.6 is 0 Å². The number of anilines is 1. The molecule has 0 saturated carbocycles. The molecule has 2 heteroatoms. The monoisotopic (exact) mass is 246 g/mol. The fraction of sp³-hybridized carbons (Fsp3) is 0.625. The molecule has 0 bridgehead atoms. The van der Waals surface area contributed by atoms with Crippen molar-refractivity contribution in [3.05, 3.63) is 29.8 Å². The molecule has 0 aliphatic carbocycles. The summed E-state index contributed by atoms with van der Waals surface area (Å²) in [5, 5.41) is 3.59. The first kappa shape index (κ1) is 13.4. The van der Waals surface area contributed by atoms with E-state index in [4.69, 9.17) is 0 Å². The summed E-state index contributed by atoms with van der Waals surface area (Å²) >= 11 is 0. The number of piperidine rings is 1. The van der Waals surface area contributed by atoms with E-state index in [1.807, 2.05) is 0 Å². The summed E-state index contributed by atoms with van der Waals surface area (Å²) in [7, 11) is 0. The van der Waals surface area contributed by atoms with Crippen LogP contribution < -0.4 is 10.2 Å². The molecule has 1 fully saturated rings. The van der Waals surface area contributed by atoms with Gasteiger partial charge in [0.1, 0.15) is 0 Å². The van der Waals surface area contributed by atoms with E-state index in [0.717, 1.165) is 13.1 Å². The fourth-order valence-corrected chi connectivity index (χ4v) is 2.95. The Morgan fingerprint density at radius 2 is 2.11 bits per heavy atom. The van der Waals surface area contributed by atoms with Crippen LogP contribution in [0.4, 0.5) is 5.69 Å².